The highest BCUT2D eigenvalue weighted by molar-refractivity contribution is 5.75. The van der Waals surface area contributed by atoms with E-state index in [4.69, 9.17) is 10.2 Å². The Hall–Kier alpha value is -0.610. The number of hydrogen-bond donors (Lipinski definition) is 3. The van der Waals surface area contributed by atoms with E-state index >= 15 is 0 Å². The second kappa shape index (κ2) is 8.01. The fourth-order valence-electron chi connectivity index (χ4n) is 0.924. The predicted molar refractivity (Wildman–Crippen MR) is 50.2 cm³/mol. The zero-order chi connectivity index (χ0) is 10.1. The van der Waals surface area contributed by atoms with Gasteiger partial charge in [0.05, 0.1) is 6.10 Å². The summed E-state index contributed by atoms with van der Waals surface area (Å²) in [5, 5.41) is 19.9. The lowest BCUT2D eigenvalue weighted by Gasteiger charge is -2.06. The van der Waals surface area contributed by atoms with Crippen molar-refractivity contribution in [1.82, 2.24) is 5.32 Å². The van der Waals surface area contributed by atoms with Crippen molar-refractivity contribution in [3.8, 4) is 0 Å². The van der Waals surface area contributed by atoms with Gasteiger partial charge >= 0.3 is 0 Å². The maximum absolute atomic E-state index is 11.0. The fourth-order valence-corrected chi connectivity index (χ4v) is 0.924. The molecule has 0 saturated carbocycles. The molecule has 0 heterocycles. The first kappa shape index (κ1) is 12.4. The van der Waals surface area contributed by atoms with Crippen molar-refractivity contribution in [3.63, 3.8) is 0 Å². The third kappa shape index (κ3) is 9.30. The Morgan fingerprint density at radius 2 is 2.08 bits per heavy atom. The van der Waals surface area contributed by atoms with Crippen molar-refractivity contribution < 1.29 is 15.0 Å². The minimum absolute atomic E-state index is 0.0289. The number of unbranched alkanes of at least 4 members (excludes halogenated alkanes) is 2. The number of aliphatic hydroxyl groups excluding tert-OH is 2. The molecule has 0 fully saturated rings. The van der Waals surface area contributed by atoms with Crippen LogP contribution in [0, 0.1) is 0 Å². The molecule has 4 nitrogen and oxygen atoms in total. The summed E-state index contributed by atoms with van der Waals surface area (Å²) in [6.07, 6.45) is 2.42. The van der Waals surface area contributed by atoms with Crippen molar-refractivity contribution in [3.05, 3.63) is 0 Å². The topological polar surface area (TPSA) is 69.6 Å². The summed E-state index contributed by atoms with van der Waals surface area (Å²) >= 11 is 0. The molecule has 0 aliphatic rings. The minimum atomic E-state index is -0.485. The van der Waals surface area contributed by atoms with Crippen LogP contribution >= 0.6 is 0 Å². The largest absolute Gasteiger partial charge is 0.396 e. The number of hydrogen-bond acceptors (Lipinski definition) is 3. The van der Waals surface area contributed by atoms with E-state index in [1.54, 1.807) is 6.92 Å². The minimum Gasteiger partial charge on any atom is -0.396 e. The second-order valence-corrected chi connectivity index (χ2v) is 3.19. The van der Waals surface area contributed by atoms with Gasteiger partial charge in [-0.15, -0.1) is 0 Å². The molecule has 0 spiro atoms. The van der Waals surface area contributed by atoms with Crippen LogP contribution in [0.15, 0.2) is 0 Å². The molecule has 4 heteroatoms. The number of nitrogens with one attached hydrogen (secondary N) is 1. The van der Waals surface area contributed by atoms with Gasteiger partial charge in [-0.3, -0.25) is 4.79 Å². The first-order valence-electron chi connectivity index (χ1n) is 4.72. The fraction of sp³-hybridized carbons (Fsp3) is 0.889. The van der Waals surface area contributed by atoms with Crippen LogP contribution in [0.3, 0.4) is 0 Å². The van der Waals surface area contributed by atoms with Gasteiger partial charge in [-0.05, 0) is 19.8 Å². The normalized spacial score (nSPS) is 12.5. The summed E-state index contributed by atoms with van der Waals surface area (Å²) in [5.41, 5.74) is 0. The molecular formula is C9H19NO3. The van der Waals surface area contributed by atoms with E-state index in [9.17, 15) is 4.79 Å². The maximum atomic E-state index is 11.0. The van der Waals surface area contributed by atoms with Gasteiger partial charge < -0.3 is 15.5 Å². The van der Waals surface area contributed by atoms with E-state index in [0.29, 0.717) is 13.0 Å². The quantitative estimate of drug-likeness (QED) is 0.495. The monoisotopic (exact) mass is 189 g/mol. The van der Waals surface area contributed by atoms with Gasteiger partial charge in [-0.25, -0.2) is 0 Å². The molecule has 0 rings (SSSR count). The van der Waals surface area contributed by atoms with Crippen molar-refractivity contribution in [1.29, 1.82) is 0 Å². The summed E-state index contributed by atoms with van der Waals surface area (Å²) in [6, 6.07) is 0. The van der Waals surface area contributed by atoms with Gasteiger partial charge in [0.2, 0.25) is 5.91 Å². The van der Waals surface area contributed by atoms with Gasteiger partial charge in [0.1, 0.15) is 0 Å². The molecule has 0 aromatic rings. The van der Waals surface area contributed by atoms with Gasteiger partial charge in [0.25, 0.3) is 0 Å². The molecule has 1 amide bonds. The van der Waals surface area contributed by atoms with Crippen LogP contribution in [0.4, 0.5) is 0 Å². The van der Waals surface area contributed by atoms with E-state index in [1.807, 2.05) is 0 Å². The van der Waals surface area contributed by atoms with Crippen LogP contribution in [0.2, 0.25) is 0 Å². The predicted octanol–water partition coefficient (Wildman–Crippen LogP) is 0.0361. The maximum Gasteiger partial charge on any atom is 0.220 e. The summed E-state index contributed by atoms with van der Waals surface area (Å²) in [7, 11) is 0. The highest BCUT2D eigenvalue weighted by atomic mass is 16.3. The molecular weight excluding hydrogens is 170 g/mol. The molecule has 0 bridgehead atoms. The Kier molecular flexibility index (Phi) is 7.63. The lowest BCUT2D eigenvalue weighted by atomic mass is 10.2. The first-order valence-corrected chi connectivity index (χ1v) is 4.72. The van der Waals surface area contributed by atoms with Crippen LogP contribution in [0.5, 0.6) is 0 Å². The summed E-state index contributed by atoms with van der Waals surface area (Å²) in [5.74, 6) is -0.0289. The third-order valence-electron chi connectivity index (χ3n) is 1.66. The Bertz CT molecular complexity index is 137. The molecule has 0 aliphatic heterocycles. The van der Waals surface area contributed by atoms with Gasteiger partial charge in [-0.1, -0.05) is 6.42 Å². The van der Waals surface area contributed by atoms with Crippen LogP contribution < -0.4 is 5.32 Å². The summed E-state index contributed by atoms with van der Waals surface area (Å²) in [6.45, 7) is 2.14. The average Bonchev–Trinajstić information content (AvgIpc) is 2.09. The van der Waals surface area contributed by atoms with E-state index in [0.717, 1.165) is 19.3 Å². The van der Waals surface area contributed by atoms with Crippen molar-refractivity contribution in [2.75, 3.05) is 13.2 Å². The number of carbonyl (C=O) groups excluding carboxylic acids is 1. The van der Waals surface area contributed by atoms with E-state index in [1.165, 1.54) is 0 Å². The molecule has 0 radical (unpaired) electrons. The average molecular weight is 189 g/mol. The molecule has 3 N–H and O–H groups in total. The van der Waals surface area contributed by atoms with E-state index < -0.39 is 6.10 Å². The number of aliphatic hydroxyl groups is 2. The van der Waals surface area contributed by atoms with Crippen molar-refractivity contribution in [2.24, 2.45) is 0 Å². The second-order valence-electron chi connectivity index (χ2n) is 3.19. The molecule has 0 aromatic heterocycles. The Balaban J connectivity index is 3.20. The molecule has 1 atom stereocenters. The SMILES string of the molecule is CC(O)CNC(=O)CCCCCO. The summed E-state index contributed by atoms with van der Waals surface area (Å²) < 4.78 is 0. The summed E-state index contributed by atoms with van der Waals surface area (Å²) in [4.78, 5) is 11.0. The Labute approximate surface area is 79.0 Å². The Morgan fingerprint density at radius 1 is 1.38 bits per heavy atom. The highest BCUT2D eigenvalue weighted by Crippen LogP contribution is 1.98. The van der Waals surface area contributed by atoms with Crippen molar-refractivity contribution in [2.45, 2.75) is 38.7 Å². The smallest absolute Gasteiger partial charge is 0.220 e. The standard InChI is InChI=1S/C9H19NO3/c1-8(12)7-10-9(13)5-3-2-4-6-11/h8,11-12H,2-7H2,1H3,(H,10,13). The van der Waals surface area contributed by atoms with Crippen LogP contribution in [0.25, 0.3) is 0 Å². The molecule has 1 unspecified atom stereocenters. The number of rotatable bonds is 7. The van der Waals surface area contributed by atoms with Gasteiger partial charge in [0, 0.05) is 19.6 Å². The van der Waals surface area contributed by atoms with Crippen LogP contribution in [0.1, 0.15) is 32.6 Å². The van der Waals surface area contributed by atoms with Gasteiger partial charge in [0.15, 0.2) is 0 Å². The molecule has 0 saturated heterocycles. The lowest BCUT2D eigenvalue weighted by Crippen LogP contribution is -2.30. The van der Waals surface area contributed by atoms with Gasteiger partial charge in [-0.2, -0.15) is 0 Å². The zero-order valence-electron chi connectivity index (χ0n) is 8.12. The van der Waals surface area contributed by atoms with Crippen LogP contribution in [-0.2, 0) is 4.79 Å². The molecule has 13 heavy (non-hydrogen) atoms. The highest BCUT2D eigenvalue weighted by Gasteiger charge is 2.01. The molecule has 78 valence electrons. The van der Waals surface area contributed by atoms with Crippen molar-refractivity contribution >= 4 is 5.91 Å². The van der Waals surface area contributed by atoms with E-state index in [-0.39, 0.29) is 12.5 Å². The zero-order valence-corrected chi connectivity index (χ0v) is 8.12. The first-order chi connectivity index (χ1) is 6.16. The lowest BCUT2D eigenvalue weighted by molar-refractivity contribution is -0.121. The number of carbonyl (C=O) groups is 1. The molecule has 0 aromatic carbocycles. The third-order valence-corrected chi connectivity index (χ3v) is 1.66. The van der Waals surface area contributed by atoms with Crippen LogP contribution in [-0.4, -0.2) is 35.4 Å². The Morgan fingerprint density at radius 3 is 2.62 bits per heavy atom. The van der Waals surface area contributed by atoms with E-state index in [2.05, 4.69) is 5.32 Å². The molecule has 0 aliphatic carbocycles. The number of amides is 1.